The van der Waals surface area contributed by atoms with Crippen LogP contribution in [-0.4, -0.2) is 140 Å². The van der Waals surface area contributed by atoms with E-state index >= 15 is 0 Å². The fraction of sp³-hybridized carbons (Fsp3) is 0.903. The Morgan fingerprint density at radius 2 is 0.744 bits per heavy atom. The molecule has 2 aliphatic heterocycles. The molecule has 0 bridgehead atoms. The van der Waals surface area contributed by atoms with Gasteiger partial charge in [-0.2, -0.15) is 0 Å². The molecule has 0 saturated carbocycles. The number of carbonyl (C=O) groups is 1. The molecule has 0 aromatic carbocycles. The Balaban J connectivity index is 1.68. The molecule has 2 rings (SSSR count). The summed E-state index contributed by atoms with van der Waals surface area (Å²) in [4.78, 5) is 13.3. The molecule has 86 heavy (non-hydrogen) atoms. The van der Waals surface area contributed by atoms with Gasteiger partial charge in [0.05, 0.1) is 32.0 Å². The molecular weight excluding hydrogens is 1090 g/mol. The average Bonchev–Trinajstić information content (AvgIpc) is 2.53. The second kappa shape index (κ2) is 57.1. The molecule has 14 heteroatoms. The number of unbranched alkanes of at least 4 members (excludes halogenated alkanes) is 43. The Morgan fingerprint density at radius 1 is 0.407 bits per heavy atom. The smallest absolute Gasteiger partial charge is 0.220 e. The van der Waals surface area contributed by atoms with Crippen LogP contribution in [0.3, 0.4) is 0 Å². The van der Waals surface area contributed by atoms with Gasteiger partial charge in [0.15, 0.2) is 12.6 Å². The zero-order chi connectivity index (χ0) is 62.3. The third kappa shape index (κ3) is 40.8. The first-order valence-electron chi connectivity index (χ1n) is 36.2. The van der Waals surface area contributed by atoms with Gasteiger partial charge >= 0.3 is 0 Å². The molecule has 2 saturated heterocycles. The monoisotopic (exact) mass is 1220 g/mol. The van der Waals surface area contributed by atoms with Crippen molar-refractivity contribution < 1.29 is 64.6 Å². The third-order valence-electron chi connectivity index (χ3n) is 17.8. The summed E-state index contributed by atoms with van der Waals surface area (Å²) in [7, 11) is 0. The number of ether oxygens (including phenoxy) is 4. The number of nitrogens with one attached hydrogen (secondary N) is 1. The van der Waals surface area contributed by atoms with Crippen molar-refractivity contribution in [1.82, 2.24) is 5.32 Å². The van der Waals surface area contributed by atoms with E-state index in [9.17, 15) is 45.6 Å². The van der Waals surface area contributed by atoms with Crippen LogP contribution in [0, 0.1) is 0 Å². The highest BCUT2D eigenvalue weighted by atomic mass is 16.7. The summed E-state index contributed by atoms with van der Waals surface area (Å²) in [6, 6.07) is -0.932. The molecule has 0 radical (unpaired) electrons. The number of amides is 1. The van der Waals surface area contributed by atoms with E-state index in [0.29, 0.717) is 12.8 Å². The number of allylic oxidation sites excluding steroid dienone is 5. The zero-order valence-electron chi connectivity index (χ0n) is 55.1. The molecule has 9 N–H and O–H groups in total. The number of carbonyl (C=O) groups excluding carboxylic acids is 1. The molecular formula is C72H135NO13. The van der Waals surface area contributed by atoms with Crippen LogP contribution in [0.25, 0.3) is 0 Å². The lowest BCUT2D eigenvalue weighted by molar-refractivity contribution is -0.359. The van der Waals surface area contributed by atoms with Crippen LogP contribution < -0.4 is 5.32 Å². The van der Waals surface area contributed by atoms with E-state index in [2.05, 4.69) is 43.5 Å². The van der Waals surface area contributed by atoms with Crippen molar-refractivity contribution in [3.63, 3.8) is 0 Å². The number of aliphatic hydroxyl groups is 8. The molecule has 0 aromatic heterocycles. The van der Waals surface area contributed by atoms with Crippen LogP contribution in [0.15, 0.2) is 36.5 Å². The predicted octanol–water partition coefficient (Wildman–Crippen LogP) is 14.9. The summed E-state index contributed by atoms with van der Waals surface area (Å²) in [6.07, 6.45) is 56.4. The normalized spacial score (nSPS) is 23.6. The number of hydrogen-bond acceptors (Lipinski definition) is 13. The highest BCUT2D eigenvalue weighted by Crippen LogP contribution is 2.30. The zero-order valence-corrected chi connectivity index (χ0v) is 55.1. The van der Waals surface area contributed by atoms with Crippen LogP contribution in [0.1, 0.15) is 322 Å². The molecule has 0 aliphatic carbocycles. The van der Waals surface area contributed by atoms with Gasteiger partial charge in [0.25, 0.3) is 0 Å². The molecule has 506 valence electrons. The van der Waals surface area contributed by atoms with Gasteiger partial charge < -0.3 is 65.1 Å². The standard InChI is InChI=1S/C72H135NO13/c1-3-5-7-9-11-13-15-17-19-21-23-25-27-29-30-32-34-36-38-40-42-44-46-48-50-52-54-56-64(77)73-60(59-83-71-69(82)67(80)70(63(58-75)85-71)86-72-68(81)66(79)65(78)62(57-74)84-72)61(76)55-53-51-49-47-45-43-41-39-37-35-33-31-28-26-24-22-20-18-16-14-12-10-8-6-4-2/h21,23,45,47,53,55,60-63,65-72,74-76,78-82H,3-20,22,24-44,46,48-52,54,56-59H2,1-2H3,(H,73,77)/b23-21-,47-45+,55-53+. The second-order valence-corrected chi connectivity index (χ2v) is 25.7. The van der Waals surface area contributed by atoms with Crippen molar-refractivity contribution in [2.24, 2.45) is 0 Å². The second-order valence-electron chi connectivity index (χ2n) is 25.7. The maximum absolute atomic E-state index is 13.3. The van der Waals surface area contributed by atoms with E-state index < -0.39 is 86.8 Å². The predicted molar refractivity (Wildman–Crippen MR) is 351 cm³/mol. The molecule has 2 aliphatic rings. The highest BCUT2D eigenvalue weighted by molar-refractivity contribution is 5.76. The van der Waals surface area contributed by atoms with E-state index in [1.54, 1.807) is 6.08 Å². The summed E-state index contributed by atoms with van der Waals surface area (Å²) in [5, 5.41) is 87.5. The third-order valence-corrected chi connectivity index (χ3v) is 17.8. The van der Waals surface area contributed by atoms with Crippen LogP contribution >= 0.6 is 0 Å². The van der Waals surface area contributed by atoms with Crippen molar-refractivity contribution in [2.75, 3.05) is 19.8 Å². The van der Waals surface area contributed by atoms with Gasteiger partial charge in [-0.15, -0.1) is 0 Å². The van der Waals surface area contributed by atoms with Gasteiger partial charge in [-0.3, -0.25) is 4.79 Å². The maximum atomic E-state index is 13.3. The fourth-order valence-electron chi connectivity index (χ4n) is 12.0. The van der Waals surface area contributed by atoms with E-state index in [0.717, 1.165) is 32.1 Å². The largest absolute Gasteiger partial charge is 0.394 e. The molecule has 14 nitrogen and oxygen atoms in total. The minimum absolute atomic E-state index is 0.244. The van der Waals surface area contributed by atoms with Crippen molar-refractivity contribution >= 4 is 5.91 Å². The van der Waals surface area contributed by atoms with Gasteiger partial charge in [0, 0.05) is 6.42 Å². The molecule has 0 spiro atoms. The SMILES string of the molecule is CCCCCCCCCC/C=C\CCCCCCCCCCCCCCCCCC(=O)NC(COC1OC(CO)C(OC2OC(CO)C(O)C(O)C2O)C(O)C1O)C(O)/C=C/CC/C=C/CCCCCCCCCCCCCCCCCCCCC. The Labute approximate surface area is 525 Å². The molecule has 2 heterocycles. The molecule has 0 aromatic rings. The van der Waals surface area contributed by atoms with Gasteiger partial charge in [-0.25, -0.2) is 0 Å². The summed E-state index contributed by atoms with van der Waals surface area (Å²) in [6.45, 7) is 2.83. The lowest BCUT2D eigenvalue weighted by Gasteiger charge is -2.46. The average molecular weight is 1220 g/mol. The lowest BCUT2D eigenvalue weighted by Crippen LogP contribution is -2.65. The Morgan fingerprint density at radius 3 is 1.14 bits per heavy atom. The highest BCUT2D eigenvalue weighted by Gasteiger charge is 2.51. The summed E-state index contributed by atoms with van der Waals surface area (Å²) in [5.41, 5.74) is 0. The van der Waals surface area contributed by atoms with E-state index in [4.69, 9.17) is 18.9 Å². The summed E-state index contributed by atoms with van der Waals surface area (Å²) < 4.78 is 22.9. The lowest BCUT2D eigenvalue weighted by atomic mass is 9.97. The topological polar surface area (TPSA) is 228 Å². The molecule has 1 amide bonds. The fourth-order valence-corrected chi connectivity index (χ4v) is 12.0. The van der Waals surface area contributed by atoms with E-state index in [-0.39, 0.29) is 18.9 Å². The van der Waals surface area contributed by atoms with Gasteiger partial charge in [0.2, 0.25) is 5.91 Å². The summed E-state index contributed by atoms with van der Waals surface area (Å²) >= 11 is 0. The molecule has 2 fully saturated rings. The Hall–Kier alpha value is -1.79. The quantitative estimate of drug-likeness (QED) is 0.0204. The first-order chi connectivity index (χ1) is 42.1. The van der Waals surface area contributed by atoms with Gasteiger partial charge in [-0.05, 0) is 57.8 Å². The van der Waals surface area contributed by atoms with Crippen LogP contribution in [0.2, 0.25) is 0 Å². The van der Waals surface area contributed by atoms with Crippen LogP contribution in [0.5, 0.6) is 0 Å². The first kappa shape index (κ1) is 80.3. The van der Waals surface area contributed by atoms with Crippen molar-refractivity contribution in [3.05, 3.63) is 36.5 Å². The number of rotatable bonds is 60. The molecule has 12 unspecified atom stereocenters. The maximum Gasteiger partial charge on any atom is 0.220 e. The van der Waals surface area contributed by atoms with Gasteiger partial charge in [-0.1, -0.05) is 294 Å². The Kier molecular flexibility index (Phi) is 53.4. The number of aliphatic hydroxyl groups excluding tert-OH is 8. The van der Waals surface area contributed by atoms with Crippen LogP contribution in [0.4, 0.5) is 0 Å². The Bertz CT molecular complexity index is 1580. The van der Waals surface area contributed by atoms with Crippen molar-refractivity contribution in [3.8, 4) is 0 Å². The minimum Gasteiger partial charge on any atom is -0.394 e. The van der Waals surface area contributed by atoms with Crippen LogP contribution in [-0.2, 0) is 23.7 Å². The van der Waals surface area contributed by atoms with Gasteiger partial charge in [0.1, 0.15) is 48.8 Å². The first-order valence-corrected chi connectivity index (χ1v) is 36.2. The minimum atomic E-state index is -1.79. The molecule has 12 atom stereocenters. The van der Waals surface area contributed by atoms with E-state index in [1.165, 1.54) is 257 Å². The van der Waals surface area contributed by atoms with Crippen molar-refractivity contribution in [2.45, 2.75) is 396 Å². The number of hydrogen-bond donors (Lipinski definition) is 9. The van der Waals surface area contributed by atoms with E-state index in [1.807, 2.05) is 6.08 Å². The van der Waals surface area contributed by atoms with Crippen molar-refractivity contribution in [1.29, 1.82) is 0 Å². The summed E-state index contributed by atoms with van der Waals surface area (Å²) in [5.74, 6) is -0.244.